The van der Waals surface area contributed by atoms with Gasteiger partial charge in [-0.25, -0.2) is 0 Å². The summed E-state index contributed by atoms with van der Waals surface area (Å²) in [6.07, 6.45) is 22.4. The molecule has 0 atom stereocenters. The molecule has 3 rings (SSSR count). The third kappa shape index (κ3) is 11.6. The fraction of sp³-hybridized carbons (Fsp3) is 0.588. The number of carbonyl (C=O) groups is 2. The molecule has 0 fully saturated rings. The molecule has 3 aromatic heterocycles. The first-order valence-electron chi connectivity index (χ1n) is 15.7. The van der Waals surface area contributed by atoms with E-state index >= 15 is 0 Å². The minimum Gasteiger partial charge on any atom is -0.275 e. The summed E-state index contributed by atoms with van der Waals surface area (Å²) in [6, 6.07) is 8.32. The SMILES string of the molecule is CCCCCCCCCCc1cc(C(=O)Cl)sc1-c1ccc(-c2sc(C(=O)Cl)cc2CCCCCCCCCC)s1. The van der Waals surface area contributed by atoms with E-state index in [4.69, 9.17) is 23.2 Å². The van der Waals surface area contributed by atoms with E-state index in [1.54, 1.807) is 11.3 Å². The lowest BCUT2D eigenvalue weighted by molar-refractivity contribution is 0.107. The number of thiophene rings is 3. The molecule has 7 heteroatoms. The van der Waals surface area contributed by atoms with Gasteiger partial charge in [-0.3, -0.25) is 9.59 Å². The summed E-state index contributed by atoms with van der Waals surface area (Å²) in [5.41, 5.74) is 2.45. The molecule has 0 unspecified atom stereocenters. The third-order valence-electron chi connectivity index (χ3n) is 7.66. The van der Waals surface area contributed by atoms with Gasteiger partial charge in [-0.05, 0) is 84.3 Å². The molecule has 0 aliphatic heterocycles. The smallest absolute Gasteiger partial charge is 0.262 e. The second-order valence-electron chi connectivity index (χ2n) is 11.1. The van der Waals surface area contributed by atoms with Gasteiger partial charge in [-0.1, -0.05) is 104 Å². The van der Waals surface area contributed by atoms with E-state index in [9.17, 15) is 9.59 Å². The van der Waals surface area contributed by atoms with Crippen LogP contribution in [0.2, 0.25) is 0 Å². The number of hydrogen-bond acceptors (Lipinski definition) is 5. The van der Waals surface area contributed by atoms with E-state index in [2.05, 4.69) is 26.0 Å². The molecular weight excluding hydrogens is 607 g/mol. The van der Waals surface area contributed by atoms with Gasteiger partial charge >= 0.3 is 0 Å². The van der Waals surface area contributed by atoms with Crippen molar-refractivity contribution in [2.24, 2.45) is 0 Å². The van der Waals surface area contributed by atoms with Crippen molar-refractivity contribution in [3.8, 4) is 19.5 Å². The first-order valence-corrected chi connectivity index (χ1v) is 18.9. The number of aryl methyl sites for hydroxylation is 2. The first-order chi connectivity index (χ1) is 19.9. The van der Waals surface area contributed by atoms with Gasteiger partial charge in [0.25, 0.3) is 10.5 Å². The van der Waals surface area contributed by atoms with Crippen LogP contribution in [0.3, 0.4) is 0 Å². The molecular formula is C34H46Cl2O2S3. The van der Waals surface area contributed by atoms with E-state index in [0.29, 0.717) is 9.75 Å². The van der Waals surface area contributed by atoms with E-state index < -0.39 is 0 Å². The highest BCUT2D eigenvalue weighted by Gasteiger charge is 2.20. The van der Waals surface area contributed by atoms with Gasteiger partial charge in [0.1, 0.15) is 0 Å². The molecule has 3 heterocycles. The topological polar surface area (TPSA) is 34.1 Å². The zero-order chi connectivity index (χ0) is 29.5. The van der Waals surface area contributed by atoms with Gasteiger partial charge in [-0.2, -0.15) is 0 Å². The zero-order valence-corrected chi connectivity index (χ0v) is 28.8. The Labute approximate surface area is 269 Å². The Bertz CT molecular complexity index is 1120. The van der Waals surface area contributed by atoms with Crippen LogP contribution in [0.15, 0.2) is 24.3 Å². The molecule has 0 bridgehead atoms. The van der Waals surface area contributed by atoms with Crippen molar-refractivity contribution in [3.63, 3.8) is 0 Å². The minimum absolute atomic E-state index is 0.383. The number of halogens is 2. The summed E-state index contributed by atoms with van der Waals surface area (Å²) in [6.45, 7) is 4.51. The molecule has 2 nitrogen and oxygen atoms in total. The van der Waals surface area contributed by atoms with Crippen LogP contribution >= 0.6 is 57.2 Å². The van der Waals surface area contributed by atoms with Crippen molar-refractivity contribution in [1.82, 2.24) is 0 Å². The minimum atomic E-state index is -0.383. The van der Waals surface area contributed by atoms with Crippen LogP contribution in [0, 0.1) is 0 Å². The molecule has 0 saturated carbocycles. The quantitative estimate of drug-likeness (QED) is 0.0799. The first kappa shape index (κ1) is 34.5. The predicted octanol–water partition coefficient (Wildman–Crippen LogP) is 13.3. The summed E-state index contributed by atoms with van der Waals surface area (Å²) in [5, 5.41) is -0.766. The lowest BCUT2D eigenvalue weighted by atomic mass is 10.0. The van der Waals surface area contributed by atoms with Gasteiger partial charge < -0.3 is 0 Å². The Morgan fingerprint density at radius 2 is 0.878 bits per heavy atom. The van der Waals surface area contributed by atoms with Crippen molar-refractivity contribution in [3.05, 3.63) is 45.1 Å². The average molecular weight is 654 g/mol. The van der Waals surface area contributed by atoms with Gasteiger partial charge in [0.05, 0.1) is 9.75 Å². The van der Waals surface area contributed by atoms with E-state index in [0.717, 1.165) is 45.2 Å². The highest BCUT2D eigenvalue weighted by atomic mass is 35.5. The Kier molecular flexibility index (Phi) is 16.3. The zero-order valence-electron chi connectivity index (χ0n) is 24.8. The monoisotopic (exact) mass is 652 g/mol. The summed E-state index contributed by atoms with van der Waals surface area (Å²) in [5.74, 6) is 0. The number of rotatable bonds is 22. The fourth-order valence-corrected chi connectivity index (χ4v) is 9.04. The van der Waals surface area contributed by atoms with Crippen molar-refractivity contribution in [2.45, 2.75) is 129 Å². The van der Waals surface area contributed by atoms with Crippen molar-refractivity contribution in [2.75, 3.05) is 0 Å². The second kappa shape index (κ2) is 19.3. The van der Waals surface area contributed by atoms with Crippen molar-refractivity contribution in [1.29, 1.82) is 0 Å². The van der Waals surface area contributed by atoms with Gasteiger partial charge in [0, 0.05) is 19.5 Å². The Morgan fingerprint density at radius 3 is 1.22 bits per heavy atom. The largest absolute Gasteiger partial charge is 0.275 e. The standard InChI is InChI=1S/C34H46Cl2O2S3/c1-3-5-7-9-11-13-15-17-19-25-23-29(33(35)37)40-31(25)27-21-22-28(39-27)32-26(24-30(41-32)34(36)38)20-18-16-14-12-10-8-6-4-2/h21-24H,3-20H2,1-2H3. The van der Waals surface area contributed by atoms with E-state index in [-0.39, 0.29) is 10.5 Å². The van der Waals surface area contributed by atoms with E-state index in [1.165, 1.54) is 124 Å². The molecule has 226 valence electrons. The van der Waals surface area contributed by atoms with Crippen LogP contribution in [-0.2, 0) is 12.8 Å². The van der Waals surface area contributed by atoms with Gasteiger partial charge in [0.15, 0.2) is 0 Å². The highest BCUT2D eigenvalue weighted by Crippen LogP contribution is 2.44. The van der Waals surface area contributed by atoms with Crippen LogP contribution in [0.25, 0.3) is 19.5 Å². The van der Waals surface area contributed by atoms with Gasteiger partial charge in [-0.15, -0.1) is 34.0 Å². The van der Waals surface area contributed by atoms with Crippen molar-refractivity contribution < 1.29 is 9.59 Å². The molecule has 0 aliphatic carbocycles. The molecule has 0 amide bonds. The highest BCUT2D eigenvalue weighted by molar-refractivity contribution is 7.28. The fourth-order valence-electron chi connectivity index (χ4n) is 5.32. The third-order valence-corrected chi connectivity index (χ3v) is 12.1. The normalized spacial score (nSPS) is 11.4. The maximum atomic E-state index is 12.0. The van der Waals surface area contributed by atoms with Crippen LogP contribution in [0.4, 0.5) is 0 Å². The molecule has 0 N–H and O–H groups in total. The average Bonchev–Trinajstić information content (AvgIpc) is 3.70. The van der Waals surface area contributed by atoms with Crippen LogP contribution < -0.4 is 0 Å². The molecule has 41 heavy (non-hydrogen) atoms. The maximum absolute atomic E-state index is 12.0. The molecule has 0 aliphatic rings. The molecule has 0 spiro atoms. The number of hydrogen-bond donors (Lipinski definition) is 0. The molecule has 3 aromatic rings. The maximum Gasteiger partial charge on any atom is 0.262 e. The Morgan fingerprint density at radius 1 is 0.537 bits per heavy atom. The second-order valence-corrected chi connectivity index (χ2v) is 15.0. The van der Waals surface area contributed by atoms with Crippen molar-refractivity contribution >= 4 is 67.7 Å². The number of carbonyl (C=O) groups excluding carboxylic acids is 2. The molecule has 0 radical (unpaired) electrons. The summed E-state index contributed by atoms with van der Waals surface area (Å²) < 4.78 is 0. The Balaban J connectivity index is 1.66. The van der Waals surface area contributed by atoms with Crippen LogP contribution in [0.1, 0.15) is 147 Å². The Hall–Kier alpha value is -0.980. The lowest BCUT2D eigenvalue weighted by Gasteiger charge is -2.04. The molecule has 0 aromatic carbocycles. The van der Waals surface area contributed by atoms with Gasteiger partial charge in [0.2, 0.25) is 0 Å². The lowest BCUT2D eigenvalue weighted by Crippen LogP contribution is -1.87. The summed E-state index contributed by atoms with van der Waals surface area (Å²) in [4.78, 5) is 29.9. The van der Waals surface area contributed by atoms with E-state index in [1.807, 2.05) is 12.1 Å². The predicted molar refractivity (Wildman–Crippen MR) is 184 cm³/mol. The van der Waals surface area contributed by atoms with Crippen LogP contribution in [-0.4, -0.2) is 10.5 Å². The molecule has 0 saturated heterocycles. The number of unbranched alkanes of at least 4 members (excludes halogenated alkanes) is 14. The summed E-state index contributed by atoms with van der Waals surface area (Å²) in [7, 11) is 0. The van der Waals surface area contributed by atoms with Crippen LogP contribution in [0.5, 0.6) is 0 Å². The summed E-state index contributed by atoms with van der Waals surface area (Å²) >= 11 is 16.6.